The molecule has 1 amide bonds. The summed E-state index contributed by atoms with van der Waals surface area (Å²) in [5.74, 6) is 0.228. The van der Waals surface area contributed by atoms with Crippen molar-refractivity contribution >= 4 is 22.9 Å². The molecule has 4 nitrogen and oxygen atoms in total. The number of nitrogens with zero attached hydrogens (tertiary/aromatic N) is 2. The maximum Gasteiger partial charge on any atom is 0.223 e. The highest BCUT2D eigenvalue weighted by Crippen LogP contribution is 2.31. The van der Waals surface area contributed by atoms with Crippen LogP contribution < -0.4 is 10.2 Å². The van der Waals surface area contributed by atoms with Gasteiger partial charge in [-0.3, -0.25) is 9.69 Å². The minimum Gasteiger partial charge on any atom is -0.367 e. The number of amides is 1. The Bertz CT molecular complexity index is 814. The summed E-state index contributed by atoms with van der Waals surface area (Å²) < 4.78 is 14.2. The van der Waals surface area contributed by atoms with Gasteiger partial charge in [0.2, 0.25) is 5.91 Å². The summed E-state index contributed by atoms with van der Waals surface area (Å²) in [7, 11) is 0. The second kappa shape index (κ2) is 9.92. The molecule has 2 aliphatic rings. The number of carbonyl (C=O) groups is 1. The fourth-order valence-corrected chi connectivity index (χ4v) is 5.90. The Hall–Kier alpha value is -1.92. The van der Waals surface area contributed by atoms with Crippen LogP contribution >= 0.6 is 11.3 Å². The van der Waals surface area contributed by atoms with Gasteiger partial charge in [-0.05, 0) is 43.3 Å². The second-order valence-electron chi connectivity index (χ2n) is 8.57. The van der Waals surface area contributed by atoms with Crippen molar-refractivity contribution in [2.24, 2.45) is 5.92 Å². The summed E-state index contributed by atoms with van der Waals surface area (Å²) >= 11 is 1.75. The van der Waals surface area contributed by atoms with Crippen molar-refractivity contribution in [3.63, 3.8) is 0 Å². The van der Waals surface area contributed by atoms with E-state index in [0.29, 0.717) is 5.69 Å². The largest absolute Gasteiger partial charge is 0.367 e. The highest BCUT2D eigenvalue weighted by molar-refractivity contribution is 7.10. The summed E-state index contributed by atoms with van der Waals surface area (Å²) in [4.78, 5) is 18.7. The lowest BCUT2D eigenvalue weighted by atomic mass is 9.88. The number of anilines is 1. The van der Waals surface area contributed by atoms with Crippen LogP contribution in [-0.4, -0.2) is 43.0 Å². The lowest BCUT2D eigenvalue weighted by molar-refractivity contribution is -0.127. The molecular weight excluding hydrogens is 397 g/mol. The summed E-state index contributed by atoms with van der Waals surface area (Å²) in [6, 6.07) is 11.5. The molecule has 2 aromatic rings. The maximum absolute atomic E-state index is 14.2. The van der Waals surface area contributed by atoms with Crippen LogP contribution in [0, 0.1) is 11.7 Å². The average molecular weight is 430 g/mol. The van der Waals surface area contributed by atoms with E-state index >= 15 is 0 Å². The van der Waals surface area contributed by atoms with E-state index in [2.05, 4.69) is 39.6 Å². The molecule has 1 saturated heterocycles. The third kappa shape index (κ3) is 4.86. The van der Waals surface area contributed by atoms with Gasteiger partial charge in [0.25, 0.3) is 0 Å². The predicted molar refractivity (Wildman–Crippen MR) is 121 cm³/mol. The molecule has 0 unspecified atom stereocenters. The Balaban J connectivity index is 1.43. The van der Waals surface area contributed by atoms with E-state index in [9.17, 15) is 9.18 Å². The zero-order valence-corrected chi connectivity index (χ0v) is 18.5. The number of carbonyl (C=O) groups excluding carboxylic acids is 1. The van der Waals surface area contributed by atoms with Gasteiger partial charge in [0, 0.05) is 43.0 Å². The zero-order chi connectivity index (χ0) is 20.9. The molecule has 30 heavy (non-hydrogen) atoms. The summed E-state index contributed by atoms with van der Waals surface area (Å²) in [5, 5.41) is 5.44. The third-order valence-corrected chi connectivity index (χ3v) is 7.50. The van der Waals surface area contributed by atoms with Crippen LogP contribution in [0.15, 0.2) is 41.8 Å². The van der Waals surface area contributed by atoms with Crippen LogP contribution in [0.5, 0.6) is 0 Å². The van der Waals surface area contributed by atoms with Gasteiger partial charge >= 0.3 is 0 Å². The van der Waals surface area contributed by atoms with Crippen molar-refractivity contribution < 1.29 is 9.18 Å². The number of hydrogen-bond donors (Lipinski definition) is 1. The molecule has 0 bridgehead atoms. The molecule has 1 N–H and O–H groups in total. The second-order valence-corrected chi connectivity index (χ2v) is 9.55. The molecule has 0 radical (unpaired) electrons. The Morgan fingerprint density at radius 3 is 2.47 bits per heavy atom. The zero-order valence-electron chi connectivity index (χ0n) is 17.7. The fourth-order valence-electron chi connectivity index (χ4n) is 4.94. The van der Waals surface area contributed by atoms with Gasteiger partial charge in [0.05, 0.1) is 11.7 Å². The number of benzene rings is 1. The Morgan fingerprint density at radius 1 is 1.07 bits per heavy atom. The van der Waals surface area contributed by atoms with Gasteiger partial charge < -0.3 is 10.2 Å². The number of para-hydroxylation sites is 1. The molecule has 2 fully saturated rings. The molecule has 1 aromatic heterocycles. The molecule has 2 atom stereocenters. The normalized spacial score (nSPS) is 20.7. The quantitative estimate of drug-likeness (QED) is 0.714. The van der Waals surface area contributed by atoms with Crippen molar-refractivity contribution in [2.45, 2.75) is 51.1 Å². The standard InChI is InChI=1S/C24H32FN3OS/c1-18(26-24(29)19-8-3-2-4-9-19)23(22-12-7-17-30-22)28-15-13-27(14-16-28)21-11-6-5-10-20(21)25/h5-7,10-12,17-19,23H,2-4,8-9,13-16H2,1H3,(H,26,29)/t18-,23-/m0/s1. The van der Waals surface area contributed by atoms with Crippen molar-refractivity contribution in [2.75, 3.05) is 31.1 Å². The van der Waals surface area contributed by atoms with Crippen LogP contribution in [0.4, 0.5) is 10.1 Å². The van der Waals surface area contributed by atoms with Gasteiger partial charge in [-0.15, -0.1) is 11.3 Å². The molecule has 162 valence electrons. The van der Waals surface area contributed by atoms with E-state index in [1.807, 2.05) is 12.1 Å². The number of thiophene rings is 1. The summed E-state index contributed by atoms with van der Waals surface area (Å²) in [5.41, 5.74) is 0.684. The van der Waals surface area contributed by atoms with Gasteiger partial charge in [-0.25, -0.2) is 4.39 Å². The smallest absolute Gasteiger partial charge is 0.223 e. The minimum absolute atomic E-state index is 0.0399. The first-order valence-corrected chi connectivity index (χ1v) is 12.1. The van der Waals surface area contributed by atoms with E-state index in [1.54, 1.807) is 17.4 Å². The van der Waals surface area contributed by atoms with Crippen LogP contribution in [-0.2, 0) is 4.79 Å². The molecule has 2 heterocycles. The Labute approximate surface area is 183 Å². The molecule has 1 aromatic carbocycles. The van der Waals surface area contributed by atoms with Crippen molar-refractivity contribution in [1.82, 2.24) is 10.2 Å². The van der Waals surface area contributed by atoms with Crippen LogP contribution in [0.25, 0.3) is 0 Å². The number of nitrogens with one attached hydrogen (secondary N) is 1. The van der Waals surface area contributed by atoms with E-state index in [1.165, 1.54) is 30.2 Å². The van der Waals surface area contributed by atoms with Gasteiger partial charge in [0.15, 0.2) is 0 Å². The van der Waals surface area contributed by atoms with Gasteiger partial charge in [-0.1, -0.05) is 37.5 Å². The SMILES string of the molecule is C[C@H](NC(=O)C1CCCCC1)[C@@H](c1cccs1)N1CCN(c2ccccc2F)CC1. The van der Waals surface area contributed by atoms with E-state index in [-0.39, 0.29) is 29.7 Å². The Morgan fingerprint density at radius 2 is 1.80 bits per heavy atom. The first kappa shape index (κ1) is 21.3. The highest BCUT2D eigenvalue weighted by atomic mass is 32.1. The monoisotopic (exact) mass is 429 g/mol. The molecule has 1 saturated carbocycles. The molecular formula is C24H32FN3OS. The molecule has 0 spiro atoms. The lowest BCUT2D eigenvalue weighted by Gasteiger charge is -2.42. The fraction of sp³-hybridized carbons (Fsp3) is 0.542. The summed E-state index contributed by atoms with van der Waals surface area (Å²) in [6.45, 7) is 5.40. The molecule has 1 aliphatic carbocycles. The van der Waals surface area contributed by atoms with Crippen molar-refractivity contribution in [1.29, 1.82) is 0 Å². The van der Waals surface area contributed by atoms with E-state index in [4.69, 9.17) is 0 Å². The number of rotatable bonds is 6. The molecule has 1 aliphatic heterocycles. The van der Waals surface area contributed by atoms with E-state index in [0.717, 1.165) is 39.0 Å². The lowest BCUT2D eigenvalue weighted by Crippen LogP contribution is -2.53. The van der Waals surface area contributed by atoms with E-state index < -0.39 is 0 Å². The summed E-state index contributed by atoms with van der Waals surface area (Å²) in [6.07, 6.45) is 5.62. The van der Waals surface area contributed by atoms with Crippen LogP contribution in [0.2, 0.25) is 0 Å². The minimum atomic E-state index is -0.158. The van der Waals surface area contributed by atoms with Crippen LogP contribution in [0.3, 0.4) is 0 Å². The molecule has 6 heteroatoms. The Kier molecular flexibility index (Phi) is 7.05. The third-order valence-electron chi connectivity index (χ3n) is 6.55. The topological polar surface area (TPSA) is 35.6 Å². The first-order chi connectivity index (χ1) is 14.6. The van der Waals surface area contributed by atoms with Crippen LogP contribution in [0.1, 0.15) is 49.9 Å². The number of hydrogen-bond acceptors (Lipinski definition) is 4. The average Bonchev–Trinajstić information content (AvgIpc) is 3.30. The predicted octanol–water partition coefficient (Wildman–Crippen LogP) is 4.84. The first-order valence-electron chi connectivity index (χ1n) is 11.2. The molecule has 4 rings (SSSR count). The number of halogens is 1. The number of piperazine rings is 1. The highest BCUT2D eigenvalue weighted by Gasteiger charge is 2.32. The van der Waals surface area contributed by atoms with Gasteiger partial charge in [0.1, 0.15) is 5.82 Å². The van der Waals surface area contributed by atoms with Gasteiger partial charge in [-0.2, -0.15) is 0 Å². The maximum atomic E-state index is 14.2. The van der Waals surface area contributed by atoms with Crippen molar-refractivity contribution in [3.8, 4) is 0 Å². The van der Waals surface area contributed by atoms with Crippen molar-refractivity contribution in [3.05, 3.63) is 52.5 Å².